The van der Waals surface area contributed by atoms with Crippen LogP contribution in [-0.4, -0.2) is 112 Å². The van der Waals surface area contributed by atoms with Gasteiger partial charge in [-0.25, -0.2) is 4.79 Å². The second-order valence-electron chi connectivity index (χ2n) is 10.5. The summed E-state index contributed by atoms with van der Waals surface area (Å²) in [5.41, 5.74) is 0.360. The molecule has 0 aliphatic carbocycles. The minimum absolute atomic E-state index is 0.0654. The molecule has 232 valence electrons. The van der Waals surface area contributed by atoms with E-state index in [2.05, 4.69) is 16.0 Å². The van der Waals surface area contributed by atoms with Crippen LogP contribution in [0.5, 0.6) is 0 Å². The Balaban J connectivity index is 1.21. The largest absolute Gasteiger partial charge is 0.444 e. The number of anilines is 1. The predicted molar refractivity (Wildman–Crippen MR) is 149 cm³/mol. The molecular weight excluding hydrogens is 552 g/mol. The van der Waals surface area contributed by atoms with Crippen molar-refractivity contribution in [3.8, 4) is 0 Å². The number of nitrogens with one attached hydrogen (secondary N) is 3. The summed E-state index contributed by atoms with van der Waals surface area (Å²) in [5.74, 6) is -2.18. The zero-order chi connectivity index (χ0) is 30.5. The number of ether oxygens (including phenoxy) is 5. The van der Waals surface area contributed by atoms with Gasteiger partial charge in [-0.15, -0.1) is 0 Å². The van der Waals surface area contributed by atoms with Gasteiger partial charge in [0.2, 0.25) is 11.8 Å². The van der Waals surface area contributed by atoms with Crippen molar-refractivity contribution in [2.75, 3.05) is 71.3 Å². The minimum Gasteiger partial charge on any atom is -0.444 e. The lowest BCUT2D eigenvalue weighted by atomic mass is 10.0. The molecule has 2 aliphatic rings. The van der Waals surface area contributed by atoms with Gasteiger partial charge in [0, 0.05) is 25.2 Å². The highest BCUT2D eigenvalue weighted by atomic mass is 16.6. The number of nitrogens with zero attached hydrogens (tertiary/aromatic N) is 1. The zero-order valence-electron chi connectivity index (χ0n) is 24.3. The number of piperidine rings is 1. The summed E-state index contributed by atoms with van der Waals surface area (Å²) in [6, 6.07) is 3.88. The van der Waals surface area contributed by atoms with Crippen molar-refractivity contribution in [3.63, 3.8) is 0 Å². The molecule has 0 bridgehead atoms. The fraction of sp³-hybridized carbons (Fsp3) is 0.607. The van der Waals surface area contributed by atoms with Gasteiger partial charge in [-0.3, -0.25) is 29.4 Å². The predicted octanol–water partition coefficient (Wildman–Crippen LogP) is 1.09. The number of carbonyl (C=O) groups excluding carboxylic acids is 5. The Hall–Kier alpha value is -3.59. The van der Waals surface area contributed by atoms with Gasteiger partial charge < -0.3 is 34.3 Å². The molecule has 0 unspecified atom stereocenters. The molecule has 1 atom stereocenters. The number of benzene rings is 1. The highest BCUT2D eigenvalue weighted by Crippen LogP contribution is 2.32. The molecule has 5 amide bonds. The molecule has 1 fully saturated rings. The first kappa shape index (κ1) is 32.9. The molecule has 2 aliphatic heterocycles. The molecule has 0 aromatic heterocycles. The van der Waals surface area contributed by atoms with Gasteiger partial charge in [-0.05, 0) is 39.3 Å². The first-order valence-electron chi connectivity index (χ1n) is 13.9. The molecule has 1 aromatic carbocycles. The third-order valence-electron chi connectivity index (χ3n) is 6.06. The van der Waals surface area contributed by atoms with Crippen LogP contribution in [0.2, 0.25) is 0 Å². The normalized spacial score (nSPS) is 16.8. The van der Waals surface area contributed by atoms with Crippen molar-refractivity contribution < 1.29 is 47.7 Å². The SMILES string of the molecule is CC(C)(C)OC(=O)NCCOCCOCCOCCOCCNc1cccc2c1C(=O)N([C@H]1CCC(=O)NC1=O)C2=O. The number of fused-ring (bicyclic) bond motifs is 1. The summed E-state index contributed by atoms with van der Waals surface area (Å²) in [6.07, 6.45) is -0.310. The van der Waals surface area contributed by atoms with Gasteiger partial charge in [0.15, 0.2) is 0 Å². The van der Waals surface area contributed by atoms with E-state index in [1.165, 1.54) is 0 Å². The number of hydrogen-bond donors (Lipinski definition) is 3. The Morgan fingerprint density at radius 1 is 0.881 bits per heavy atom. The summed E-state index contributed by atoms with van der Waals surface area (Å²) in [6.45, 7) is 9.16. The van der Waals surface area contributed by atoms with Crippen LogP contribution in [0.15, 0.2) is 18.2 Å². The summed E-state index contributed by atoms with van der Waals surface area (Å²) in [5, 5.41) is 7.91. The number of amides is 5. The Morgan fingerprint density at radius 3 is 2.07 bits per heavy atom. The van der Waals surface area contributed by atoms with Crippen LogP contribution in [0.4, 0.5) is 10.5 Å². The van der Waals surface area contributed by atoms with E-state index in [0.29, 0.717) is 71.6 Å². The summed E-state index contributed by atoms with van der Waals surface area (Å²) < 4.78 is 27.0. The maximum atomic E-state index is 13.1. The van der Waals surface area contributed by atoms with Gasteiger partial charge in [-0.2, -0.15) is 0 Å². The highest BCUT2D eigenvalue weighted by molar-refractivity contribution is 6.25. The summed E-state index contributed by atoms with van der Waals surface area (Å²) in [4.78, 5) is 62.1. The molecule has 3 N–H and O–H groups in total. The van der Waals surface area contributed by atoms with Crippen LogP contribution >= 0.6 is 0 Å². The van der Waals surface area contributed by atoms with Crippen molar-refractivity contribution in [1.29, 1.82) is 0 Å². The van der Waals surface area contributed by atoms with Gasteiger partial charge in [0.05, 0.1) is 64.0 Å². The second kappa shape index (κ2) is 16.2. The first-order chi connectivity index (χ1) is 20.1. The lowest BCUT2D eigenvalue weighted by Gasteiger charge is -2.27. The quantitative estimate of drug-likeness (QED) is 0.175. The topological polar surface area (TPSA) is 171 Å². The number of hydrogen-bond acceptors (Lipinski definition) is 11. The second-order valence-corrected chi connectivity index (χ2v) is 10.5. The lowest BCUT2D eigenvalue weighted by Crippen LogP contribution is -2.54. The number of rotatable bonds is 17. The fourth-order valence-corrected chi connectivity index (χ4v) is 4.22. The van der Waals surface area contributed by atoms with E-state index in [9.17, 15) is 24.0 Å². The highest BCUT2D eigenvalue weighted by Gasteiger charge is 2.45. The lowest BCUT2D eigenvalue weighted by molar-refractivity contribution is -0.136. The monoisotopic (exact) mass is 592 g/mol. The summed E-state index contributed by atoms with van der Waals surface area (Å²) >= 11 is 0. The molecule has 0 saturated carbocycles. The molecule has 3 rings (SSSR count). The maximum absolute atomic E-state index is 13.1. The van der Waals surface area contributed by atoms with Crippen molar-refractivity contribution in [2.24, 2.45) is 0 Å². The smallest absolute Gasteiger partial charge is 0.407 e. The van der Waals surface area contributed by atoms with Crippen molar-refractivity contribution in [2.45, 2.75) is 45.3 Å². The molecule has 14 nitrogen and oxygen atoms in total. The van der Waals surface area contributed by atoms with Crippen LogP contribution in [-0.2, 0) is 33.3 Å². The summed E-state index contributed by atoms with van der Waals surface area (Å²) in [7, 11) is 0. The van der Waals surface area contributed by atoms with Gasteiger partial charge >= 0.3 is 6.09 Å². The molecular formula is C28H40N4O10. The van der Waals surface area contributed by atoms with E-state index in [4.69, 9.17) is 23.7 Å². The Morgan fingerprint density at radius 2 is 1.48 bits per heavy atom. The molecule has 0 spiro atoms. The number of imide groups is 2. The van der Waals surface area contributed by atoms with Crippen LogP contribution in [0.25, 0.3) is 0 Å². The third kappa shape index (κ3) is 10.0. The molecule has 42 heavy (non-hydrogen) atoms. The zero-order valence-corrected chi connectivity index (χ0v) is 24.3. The Kier molecular flexibility index (Phi) is 12.7. The van der Waals surface area contributed by atoms with Gasteiger partial charge in [-0.1, -0.05) is 6.07 Å². The average Bonchev–Trinajstić information content (AvgIpc) is 3.17. The third-order valence-corrected chi connectivity index (χ3v) is 6.06. The van der Waals surface area contributed by atoms with Gasteiger partial charge in [0.25, 0.3) is 11.8 Å². The number of carbonyl (C=O) groups is 5. The van der Waals surface area contributed by atoms with E-state index in [-0.39, 0.29) is 24.0 Å². The average molecular weight is 593 g/mol. The first-order valence-corrected chi connectivity index (χ1v) is 13.9. The van der Waals surface area contributed by atoms with Crippen molar-refractivity contribution >= 4 is 35.4 Å². The van der Waals surface area contributed by atoms with Crippen molar-refractivity contribution in [1.82, 2.24) is 15.5 Å². The van der Waals surface area contributed by atoms with Crippen LogP contribution in [0, 0.1) is 0 Å². The van der Waals surface area contributed by atoms with E-state index >= 15 is 0 Å². The van der Waals surface area contributed by atoms with Crippen LogP contribution < -0.4 is 16.0 Å². The Labute approximate surface area is 244 Å². The molecule has 14 heteroatoms. The standard InChI is InChI=1S/C28H40N4O10/c1-28(2,3)42-27(37)30-10-12-39-14-16-41-18-17-40-15-13-38-11-9-29-20-6-4-5-19-23(20)26(36)32(25(19)35)21-7-8-22(33)31-24(21)34/h4-6,21,29H,7-18H2,1-3H3,(H,30,37)(H,31,33,34)/t21-/m0/s1. The van der Waals surface area contributed by atoms with Crippen LogP contribution in [0.3, 0.4) is 0 Å². The van der Waals surface area contributed by atoms with E-state index in [0.717, 1.165) is 4.90 Å². The van der Waals surface area contributed by atoms with E-state index in [1.807, 2.05) is 0 Å². The van der Waals surface area contributed by atoms with Crippen molar-refractivity contribution in [3.05, 3.63) is 29.3 Å². The van der Waals surface area contributed by atoms with E-state index in [1.54, 1.807) is 39.0 Å². The van der Waals surface area contributed by atoms with Gasteiger partial charge in [0.1, 0.15) is 11.6 Å². The number of alkyl carbamates (subject to hydrolysis) is 1. The minimum atomic E-state index is -1.01. The van der Waals surface area contributed by atoms with Crippen LogP contribution in [0.1, 0.15) is 54.3 Å². The fourth-order valence-electron chi connectivity index (χ4n) is 4.22. The maximum Gasteiger partial charge on any atom is 0.407 e. The Bertz CT molecular complexity index is 1120. The molecule has 1 saturated heterocycles. The molecule has 1 aromatic rings. The molecule has 2 heterocycles. The molecule has 0 radical (unpaired) electrons. The van der Waals surface area contributed by atoms with E-state index < -0.39 is 41.4 Å².